The van der Waals surface area contributed by atoms with E-state index in [1.165, 1.54) is 6.07 Å². The first-order chi connectivity index (χ1) is 15.1. The molecule has 1 unspecified atom stereocenters. The van der Waals surface area contributed by atoms with Crippen LogP contribution in [0.4, 0.5) is 19.0 Å². The van der Waals surface area contributed by atoms with Crippen LogP contribution in [0.5, 0.6) is 0 Å². The number of pyridine rings is 1. The molecule has 2 aromatic rings. The lowest BCUT2D eigenvalue weighted by Crippen LogP contribution is -2.56. The van der Waals surface area contributed by atoms with Gasteiger partial charge in [-0.25, -0.2) is 4.98 Å². The minimum absolute atomic E-state index is 0.131. The lowest BCUT2D eigenvalue weighted by atomic mass is 10.0. The summed E-state index contributed by atoms with van der Waals surface area (Å²) in [6.45, 7) is 5.32. The fraction of sp³-hybridized carbons (Fsp3) is 0.409. The number of benzene rings is 1. The van der Waals surface area contributed by atoms with Crippen LogP contribution in [0.2, 0.25) is 5.02 Å². The molecule has 1 aromatic heterocycles. The number of halogens is 4. The molecule has 0 saturated carbocycles. The Labute approximate surface area is 189 Å². The summed E-state index contributed by atoms with van der Waals surface area (Å²) in [5.74, 6) is -0.251. The predicted molar refractivity (Wildman–Crippen MR) is 116 cm³/mol. The molecule has 1 saturated heterocycles. The summed E-state index contributed by atoms with van der Waals surface area (Å²) in [4.78, 5) is 33.1. The van der Waals surface area contributed by atoms with E-state index in [9.17, 15) is 22.8 Å². The van der Waals surface area contributed by atoms with Crippen molar-refractivity contribution in [3.8, 4) is 0 Å². The minimum Gasteiger partial charge on any atom is -0.353 e. The van der Waals surface area contributed by atoms with Gasteiger partial charge in [-0.15, -0.1) is 0 Å². The second-order valence-corrected chi connectivity index (χ2v) is 8.35. The number of alkyl halides is 3. The molecule has 0 aliphatic carbocycles. The highest BCUT2D eigenvalue weighted by Crippen LogP contribution is 2.29. The SMILES string of the molecule is CC(C)C(NC(=O)c1ccc(Cl)cc1)C(=O)N1CCN(c2ccc(C(F)(F)F)cn2)CC1. The molecule has 0 spiro atoms. The number of aromatic nitrogens is 1. The Morgan fingerprint density at radius 2 is 1.66 bits per heavy atom. The zero-order valence-corrected chi connectivity index (χ0v) is 18.5. The average molecular weight is 469 g/mol. The molecule has 2 heterocycles. The van der Waals surface area contributed by atoms with Crippen LogP contribution in [0.1, 0.15) is 29.8 Å². The summed E-state index contributed by atoms with van der Waals surface area (Å²) in [5.41, 5.74) is -0.391. The number of nitrogens with one attached hydrogen (secondary N) is 1. The van der Waals surface area contributed by atoms with Crippen molar-refractivity contribution in [1.29, 1.82) is 0 Å². The van der Waals surface area contributed by atoms with Gasteiger partial charge in [0.2, 0.25) is 5.91 Å². The van der Waals surface area contributed by atoms with Crippen LogP contribution in [-0.2, 0) is 11.0 Å². The molecule has 172 valence electrons. The van der Waals surface area contributed by atoms with Crippen LogP contribution in [0.3, 0.4) is 0 Å². The second kappa shape index (κ2) is 9.77. The normalized spacial score (nSPS) is 15.6. The lowest BCUT2D eigenvalue weighted by Gasteiger charge is -2.37. The van der Waals surface area contributed by atoms with Gasteiger partial charge in [0.1, 0.15) is 11.9 Å². The molecular formula is C22H24ClF3N4O2. The fourth-order valence-electron chi connectivity index (χ4n) is 3.43. The standard InChI is InChI=1S/C22H24ClF3N4O2/c1-14(2)19(28-20(31)15-3-6-17(23)7-4-15)21(32)30-11-9-29(10-12-30)18-8-5-16(13-27-18)22(24,25)26/h3-8,13-14,19H,9-12H2,1-2H3,(H,28,31). The molecule has 32 heavy (non-hydrogen) atoms. The highest BCUT2D eigenvalue weighted by molar-refractivity contribution is 6.30. The summed E-state index contributed by atoms with van der Waals surface area (Å²) < 4.78 is 38.2. The van der Waals surface area contributed by atoms with E-state index in [1.54, 1.807) is 29.2 Å². The van der Waals surface area contributed by atoms with Crippen LogP contribution in [-0.4, -0.2) is 53.9 Å². The average Bonchev–Trinajstić information content (AvgIpc) is 2.77. The fourth-order valence-corrected chi connectivity index (χ4v) is 3.56. The van der Waals surface area contributed by atoms with Gasteiger partial charge in [-0.1, -0.05) is 25.4 Å². The maximum Gasteiger partial charge on any atom is 0.417 e. The van der Waals surface area contributed by atoms with Gasteiger partial charge in [0, 0.05) is 43.0 Å². The molecule has 0 radical (unpaired) electrons. The molecule has 2 amide bonds. The maximum absolute atomic E-state index is 13.1. The number of carbonyl (C=O) groups is 2. The third-order valence-electron chi connectivity index (χ3n) is 5.32. The molecule has 0 bridgehead atoms. The van der Waals surface area contributed by atoms with Crippen molar-refractivity contribution in [2.24, 2.45) is 5.92 Å². The minimum atomic E-state index is -4.43. The Morgan fingerprint density at radius 3 is 2.16 bits per heavy atom. The van der Waals surface area contributed by atoms with E-state index < -0.39 is 17.8 Å². The first kappa shape index (κ1) is 23.8. The first-order valence-corrected chi connectivity index (χ1v) is 10.6. The molecule has 6 nitrogen and oxygen atoms in total. The monoisotopic (exact) mass is 468 g/mol. The number of anilines is 1. The highest BCUT2D eigenvalue weighted by atomic mass is 35.5. The van der Waals surface area contributed by atoms with Crippen molar-refractivity contribution in [3.63, 3.8) is 0 Å². The summed E-state index contributed by atoms with van der Waals surface area (Å²) in [5, 5.41) is 3.32. The van der Waals surface area contributed by atoms with E-state index in [0.717, 1.165) is 12.3 Å². The highest BCUT2D eigenvalue weighted by Gasteiger charge is 2.33. The van der Waals surface area contributed by atoms with Gasteiger partial charge in [0.25, 0.3) is 5.91 Å². The van der Waals surface area contributed by atoms with Gasteiger partial charge < -0.3 is 15.1 Å². The topological polar surface area (TPSA) is 65.5 Å². The second-order valence-electron chi connectivity index (χ2n) is 7.92. The largest absolute Gasteiger partial charge is 0.417 e. The van der Waals surface area contributed by atoms with Gasteiger partial charge >= 0.3 is 6.18 Å². The third-order valence-corrected chi connectivity index (χ3v) is 5.57. The number of amides is 2. The van der Waals surface area contributed by atoms with E-state index >= 15 is 0 Å². The quantitative estimate of drug-likeness (QED) is 0.723. The van der Waals surface area contributed by atoms with E-state index in [2.05, 4.69) is 10.3 Å². The maximum atomic E-state index is 13.1. The summed E-state index contributed by atoms with van der Waals surface area (Å²) in [6.07, 6.45) is -3.62. The Hall–Kier alpha value is -2.81. The van der Waals surface area contributed by atoms with E-state index in [0.29, 0.717) is 42.6 Å². The zero-order valence-electron chi connectivity index (χ0n) is 17.7. The molecule has 1 aliphatic heterocycles. The summed E-state index contributed by atoms with van der Waals surface area (Å²) >= 11 is 5.86. The number of nitrogens with zero attached hydrogens (tertiary/aromatic N) is 3. The van der Waals surface area contributed by atoms with E-state index in [4.69, 9.17) is 11.6 Å². The van der Waals surface area contributed by atoms with E-state index in [1.807, 2.05) is 18.7 Å². The number of hydrogen-bond acceptors (Lipinski definition) is 4. The third kappa shape index (κ3) is 5.70. The number of piperazine rings is 1. The first-order valence-electron chi connectivity index (χ1n) is 10.2. The van der Waals surface area contributed by atoms with Gasteiger partial charge in [-0.05, 0) is 42.3 Å². The van der Waals surface area contributed by atoms with Gasteiger partial charge in [-0.3, -0.25) is 9.59 Å². The molecule has 3 rings (SSSR count). The number of hydrogen-bond donors (Lipinski definition) is 1. The smallest absolute Gasteiger partial charge is 0.353 e. The van der Waals surface area contributed by atoms with Gasteiger partial charge in [0.05, 0.1) is 5.56 Å². The Bertz CT molecular complexity index is 941. The van der Waals surface area contributed by atoms with Crippen molar-refractivity contribution >= 4 is 29.2 Å². The Morgan fingerprint density at radius 1 is 1.03 bits per heavy atom. The molecular weight excluding hydrogens is 445 g/mol. The van der Waals surface area contributed by atoms with Crippen LogP contribution in [0.25, 0.3) is 0 Å². The van der Waals surface area contributed by atoms with Crippen molar-refractivity contribution in [1.82, 2.24) is 15.2 Å². The number of carbonyl (C=O) groups excluding carboxylic acids is 2. The molecule has 1 N–H and O–H groups in total. The molecule has 1 aliphatic rings. The van der Waals surface area contributed by atoms with Crippen molar-refractivity contribution < 1.29 is 22.8 Å². The number of rotatable bonds is 5. The van der Waals surface area contributed by atoms with E-state index in [-0.39, 0.29) is 17.7 Å². The molecule has 1 aromatic carbocycles. The molecule has 1 atom stereocenters. The van der Waals surface area contributed by atoms with Crippen LogP contribution >= 0.6 is 11.6 Å². The summed E-state index contributed by atoms with van der Waals surface area (Å²) in [7, 11) is 0. The van der Waals surface area contributed by atoms with Crippen molar-refractivity contribution in [2.75, 3.05) is 31.1 Å². The van der Waals surface area contributed by atoms with Gasteiger partial charge in [-0.2, -0.15) is 13.2 Å². The Balaban J connectivity index is 1.61. The van der Waals surface area contributed by atoms with Crippen LogP contribution in [0, 0.1) is 5.92 Å². The van der Waals surface area contributed by atoms with Gasteiger partial charge in [0.15, 0.2) is 0 Å². The Kier molecular flexibility index (Phi) is 7.28. The van der Waals surface area contributed by atoms with Crippen LogP contribution < -0.4 is 10.2 Å². The zero-order chi connectivity index (χ0) is 23.5. The van der Waals surface area contributed by atoms with Crippen molar-refractivity contribution in [3.05, 3.63) is 58.7 Å². The predicted octanol–water partition coefficient (Wildman–Crippen LogP) is 3.86. The summed E-state index contributed by atoms with van der Waals surface area (Å²) in [6, 6.07) is 8.04. The molecule has 1 fully saturated rings. The molecule has 10 heteroatoms. The van der Waals surface area contributed by atoms with Crippen molar-refractivity contribution in [2.45, 2.75) is 26.1 Å². The lowest BCUT2D eigenvalue weighted by molar-refractivity contribution is -0.138. The van der Waals surface area contributed by atoms with Crippen LogP contribution in [0.15, 0.2) is 42.6 Å².